The van der Waals surface area contributed by atoms with Crippen LogP contribution >= 0.6 is 11.8 Å². The van der Waals surface area contributed by atoms with Gasteiger partial charge in [0, 0.05) is 70.9 Å². The van der Waals surface area contributed by atoms with Crippen LogP contribution in [0.3, 0.4) is 0 Å². The molecule has 16 heteroatoms. The minimum Gasteiger partial charge on any atom is -0.504 e. The van der Waals surface area contributed by atoms with Crippen molar-refractivity contribution >= 4 is 40.6 Å². The molecular weight excluding hydrogens is 791 g/mol. The number of carbonyl (C=O) groups is 3. The van der Waals surface area contributed by atoms with Gasteiger partial charge in [-0.25, -0.2) is 4.79 Å². The molecule has 0 amide bonds. The number of phenolic OH excluding ortho intramolecular Hbond substituents is 1. The summed E-state index contributed by atoms with van der Waals surface area (Å²) in [5, 5.41) is 31.1. The van der Waals surface area contributed by atoms with Gasteiger partial charge in [0.15, 0.2) is 28.5 Å². The van der Waals surface area contributed by atoms with Crippen LogP contribution in [0.5, 0.6) is 28.7 Å². The van der Waals surface area contributed by atoms with E-state index in [1.54, 1.807) is 0 Å². The van der Waals surface area contributed by atoms with Crippen LogP contribution in [0.4, 0.5) is 0 Å². The van der Waals surface area contributed by atoms with Gasteiger partial charge in [0.25, 0.3) is 0 Å². The van der Waals surface area contributed by atoms with Crippen LogP contribution < -0.4 is 29.6 Å². The van der Waals surface area contributed by atoms with E-state index in [9.17, 15) is 20.0 Å². The number of aromatic hydroxyl groups is 1. The molecule has 312 valence electrons. The first kappa shape index (κ1) is 38.7. The van der Waals surface area contributed by atoms with E-state index in [1.807, 2.05) is 51.1 Å². The van der Waals surface area contributed by atoms with E-state index in [4.69, 9.17) is 28.4 Å². The molecule has 2 fully saturated rings. The van der Waals surface area contributed by atoms with E-state index in [0.717, 1.165) is 27.6 Å². The highest BCUT2D eigenvalue weighted by Crippen LogP contribution is 2.64. The number of H-pyrrole nitrogens is 1. The molecule has 2 saturated heterocycles. The molecule has 0 radical (unpaired) electrons. The van der Waals surface area contributed by atoms with Crippen LogP contribution in [0.25, 0.3) is 10.9 Å². The Kier molecular flexibility index (Phi) is 9.07. The minimum atomic E-state index is -1.47. The van der Waals surface area contributed by atoms with Gasteiger partial charge in [-0.2, -0.15) is 5.26 Å². The largest absolute Gasteiger partial charge is 0.504 e. The number of esters is 3. The molecule has 4 bridgehead atoms. The number of ether oxygens (including phenoxy) is 6. The van der Waals surface area contributed by atoms with Gasteiger partial charge in [0.05, 0.1) is 36.2 Å². The number of fused-ring (bicyclic) bond motifs is 11. The van der Waals surface area contributed by atoms with Gasteiger partial charge in [0.2, 0.25) is 6.79 Å². The number of piperazine rings is 1. The average Bonchev–Trinajstić information content (AvgIpc) is 3.87. The van der Waals surface area contributed by atoms with Gasteiger partial charge in [-0.1, -0.05) is 31.2 Å². The Morgan fingerprint density at radius 1 is 1.08 bits per heavy atom. The molecule has 4 aromatic rings. The van der Waals surface area contributed by atoms with Crippen molar-refractivity contribution in [3.63, 3.8) is 0 Å². The zero-order valence-electron chi connectivity index (χ0n) is 34.0. The summed E-state index contributed by atoms with van der Waals surface area (Å²) in [6.07, 6.45) is 0.476. The second kappa shape index (κ2) is 14.1. The van der Waals surface area contributed by atoms with Crippen molar-refractivity contribution in [3.8, 4) is 34.8 Å². The molecule has 7 aliphatic heterocycles. The number of para-hydroxylation sites is 1. The van der Waals surface area contributed by atoms with Crippen molar-refractivity contribution in [2.45, 2.75) is 94.0 Å². The Morgan fingerprint density at radius 3 is 2.62 bits per heavy atom. The Labute approximate surface area is 349 Å². The maximum absolute atomic E-state index is 15.2. The summed E-state index contributed by atoms with van der Waals surface area (Å²) >= 11 is 1.46. The van der Waals surface area contributed by atoms with E-state index >= 15 is 4.79 Å². The van der Waals surface area contributed by atoms with Gasteiger partial charge in [0.1, 0.15) is 25.0 Å². The number of aromatic amines is 1. The predicted octanol–water partition coefficient (Wildman–Crippen LogP) is 4.90. The number of hydrogen-bond donors (Lipinski definition) is 4. The lowest BCUT2D eigenvalue weighted by Gasteiger charge is -2.60. The lowest BCUT2D eigenvalue weighted by molar-refractivity contribution is -0.156. The van der Waals surface area contributed by atoms with E-state index in [1.165, 1.54) is 32.7 Å². The second-order valence-electron chi connectivity index (χ2n) is 16.6. The molecule has 1 aromatic heterocycles. The third-order valence-corrected chi connectivity index (χ3v) is 14.8. The number of hydrogen-bond acceptors (Lipinski definition) is 15. The van der Waals surface area contributed by atoms with Crippen LogP contribution in [0.2, 0.25) is 0 Å². The monoisotopic (exact) mass is 835 g/mol. The summed E-state index contributed by atoms with van der Waals surface area (Å²) < 4.78 is 36.4. The van der Waals surface area contributed by atoms with Crippen LogP contribution in [0, 0.1) is 25.2 Å². The summed E-state index contributed by atoms with van der Waals surface area (Å²) in [5.41, 5.74) is 5.14. The molecule has 4 N–H and O–H groups in total. The van der Waals surface area contributed by atoms with Crippen LogP contribution in [-0.2, 0) is 35.8 Å². The Hall–Kier alpha value is -5.47. The smallest absolute Gasteiger partial charge is 0.333 e. The van der Waals surface area contributed by atoms with Crippen LogP contribution in [-0.4, -0.2) is 89.9 Å². The van der Waals surface area contributed by atoms with Crippen molar-refractivity contribution in [2.24, 2.45) is 0 Å². The summed E-state index contributed by atoms with van der Waals surface area (Å²) in [6.45, 7) is 8.19. The molecule has 8 heterocycles. The number of rotatable bonds is 4. The molecule has 3 aromatic carbocycles. The third-order valence-electron chi connectivity index (χ3n) is 13.3. The van der Waals surface area contributed by atoms with Crippen molar-refractivity contribution in [3.05, 3.63) is 75.0 Å². The average molecular weight is 836 g/mol. The highest BCUT2D eigenvalue weighted by atomic mass is 32.2. The number of aromatic nitrogens is 1. The lowest BCUT2D eigenvalue weighted by Crippen LogP contribution is -2.70. The third kappa shape index (κ3) is 5.41. The summed E-state index contributed by atoms with van der Waals surface area (Å²) in [7, 11) is 1.53. The number of phenols is 1. The van der Waals surface area contributed by atoms with Crippen molar-refractivity contribution in [2.75, 3.05) is 32.9 Å². The van der Waals surface area contributed by atoms with Gasteiger partial charge in [-0.15, -0.1) is 11.8 Å². The number of carbonyl (C=O) groups excluding carboxylic acids is 3. The summed E-state index contributed by atoms with van der Waals surface area (Å²) in [5.74, 6) is -0.0884. The normalized spacial score (nSPS) is 29.7. The number of methoxy groups -OCH3 is 1. The highest BCUT2D eigenvalue weighted by molar-refractivity contribution is 7.99. The van der Waals surface area contributed by atoms with E-state index < -0.39 is 64.9 Å². The molecule has 7 aliphatic rings. The van der Waals surface area contributed by atoms with Crippen molar-refractivity contribution in [1.82, 2.24) is 20.5 Å². The fourth-order valence-electron chi connectivity index (χ4n) is 11.0. The first-order valence-corrected chi connectivity index (χ1v) is 21.2. The Balaban J connectivity index is 1.23. The number of thioether (sulfide) groups is 1. The van der Waals surface area contributed by atoms with Gasteiger partial charge in [-0.05, 0) is 48.9 Å². The van der Waals surface area contributed by atoms with Gasteiger partial charge >= 0.3 is 17.9 Å². The number of nitriles is 1. The molecule has 0 saturated carbocycles. The molecule has 0 aliphatic carbocycles. The first-order chi connectivity index (χ1) is 28.9. The van der Waals surface area contributed by atoms with Crippen molar-refractivity contribution < 1.29 is 47.9 Å². The number of nitrogens with one attached hydrogen (secondary N) is 3. The summed E-state index contributed by atoms with van der Waals surface area (Å²) in [4.78, 5) is 46.1. The molecular formula is C44H45N5O10S. The lowest BCUT2D eigenvalue weighted by atomic mass is 9.69. The number of aryl methyl sites for hydroxylation is 1. The SMILES string of the molecule is COc1c(C)cc2c(c1O)[C@H]1N[C@@H](C2C)[C@H](C#N)N2[C@H]1[C@@H]1SC[C@]3(N[C@H](COC(C)=O)Cc4c3[nH]c3ccccc43)C(=O)OC[C@H]2c2c3c(c(C)c(OC(C)=O)c21)OCO3. The quantitative estimate of drug-likeness (QED) is 0.160. The fourth-order valence-corrected chi connectivity index (χ4v) is 12.6. The Morgan fingerprint density at radius 2 is 1.87 bits per heavy atom. The van der Waals surface area contributed by atoms with Crippen LogP contribution in [0.1, 0.15) is 88.7 Å². The highest BCUT2D eigenvalue weighted by Gasteiger charge is 2.61. The maximum atomic E-state index is 15.2. The maximum Gasteiger partial charge on any atom is 0.333 e. The molecule has 9 atom stereocenters. The molecule has 60 heavy (non-hydrogen) atoms. The molecule has 15 nitrogen and oxygen atoms in total. The zero-order chi connectivity index (χ0) is 41.9. The van der Waals surface area contributed by atoms with Gasteiger partial charge < -0.3 is 43.8 Å². The van der Waals surface area contributed by atoms with Gasteiger partial charge in [-0.3, -0.25) is 19.8 Å². The van der Waals surface area contributed by atoms with E-state index in [2.05, 4.69) is 26.6 Å². The first-order valence-electron chi connectivity index (χ1n) is 20.2. The van der Waals surface area contributed by atoms with E-state index in [0.29, 0.717) is 57.4 Å². The zero-order valence-corrected chi connectivity index (χ0v) is 34.8. The second-order valence-corrected chi connectivity index (χ2v) is 17.7. The van der Waals surface area contributed by atoms with Crippen LogP contribution in [0.15, 0.2) is 30.3 Å². The topological polar surface area (TPSA) is 194 Å². The number of benzene rings is 3. The molecule has 11 rings (SSSR count). The molecule has 1 unspecified atom stereocenters. The Bertz CT molecular complexity index is 2570. The van der Waals surface area contributed by atoms with E-state index in [-0.39, 0.29) is 37.4 Å². The minimum absolute atomic E-state index is 0.0128. The van der Waals surface area contributed by atoms with Crippen molar-refractivity contribution in [1.29, 1.82) is 5.26 Å². The molecule has 1 spiro atoms. The standard InChI is InChI=1S/C44H45N5O10S/c1-18-11-25-19(2)33-28(13-45)49-29-15-56-43(53)44(42-26(12-23(48-44)14-55-21(4)50)24-9-7-8-10-27(24)46-42)16-60-41(35(49)34(47-33)30(25)36(52)37(18)54-6)32-31(29)40-39(57-17-58-40)20(3)38(32)59-22(5)51/h7-11,19,23,28-29,33-35,41,46-48,52H,12,14-17H2,1-6H3/t19?,23-,28-,29-,33-,34+,35+,41+,44+/m0/s1. The fraction of sp³-hybridized carbons (Fsp3) is 0.455. The number of nitrogens with zero attached hydrogens (tertiary/aromatic N) is 2. The summed E-state index contributed by atoms with van der Waals surface area (Å²) in [6, 6.07) is 8.96. The predicted molar refractivity (Wildman–Crippen MR) is 217 cm³/mol.